The predicted molar refractivity (Wildman–Crippen MR) is 126 cm³/mol. The summed E-state index contributed by atoms with van der Waals surface area (Å²) in [5.74, 6) is 2.79. The first-order valence-corrected chi connectivity index (χ1v) is 9.67. The molecule has 152 valence electrons. The SMILES string of the molecule is CN=C(NCCCOc1ccccc1)NCc1ccnc(N2CCCC2)c1.I. The van der Waals surface area contributed by atoms with E-state index in [9.17, 15) is 0 Å². The fourth-order valence-electron chi connectivity index (χ4n) is 3.08. The number of para-hydroxylation sites is 1. The predicted octanol–water partition coefficient (Wildman–Crippen LogP) is 3.43. The molecule has 0 unspecified atom stereocenters. The Morgan fingerprint density at radius 3 is 2.68 bits per heavy atom. The Kier molecular flexibility index (Phi) is 9.88. The molecule has 0 amide bonds. The molecule has 1 fully saturated rings. The maximum atomic E-state index is 5.70. The highest BCUT2D eigenvalue weighted by molar-refractivity contribution is 14.0. The minimum atomic E-state index is 0. The Hall–Kier alpha value is -2.03. The van der Waals surface area contributed by atoms with Crippen LogP contribution in [0.3, 0.4) is 0 Å². The number of hydrogen-bond donors (Lipinski definition) is 2. The van der Waals surface area contributed by atoms with Gasteiger partial charge in [0.1, 0.15) is 11.6 Å². The zero-order valence-corrected chi connectivity index (χ0v) is 18.8. The quantitative estimate of drug-likeness (QED) is 0.254. The summed E-state index contributed by atoms with van der Waals surface area (Å²) in [5.41, 5.74) is 1.21. The van der Waals surface area contributed by atoms with E-state index < -0.39 is 0 Å². The topological polar surface area (TPSA) is 61.8 Å². The van der Waals surface area contributed by atoms with Gasteiger partial charge in [-0.1, -0.05) is 18.2 Å². The summed E-state index contributed by atoms with van der Waals surface area (Å²) < 4.78 is 5.70. The van der Waals surface area contributed by atoms with Crippen molar-refractivity contribution in [3.63, 3.8) is 0 Å². The molecule has 3 rings (SSSR count). The molecule has 1 aromatic carbocycles. The minimum absolute atomic E-state index is 0. The number of ether oxygens (including phenoxy) is 1. The first-order valence-electron chi connectivity index (χ1n) is 9.67. The van der Waals surface area contributed by atoms with E-state index in [4.69, 9.17) is 4.74 Å². The van der Waals surface area contributed by atoms with E-state index in [1.165, 1.54) is 18.4 Å². The van der Waals surface area contributed by atoms with Gasteiger partial charge in [-0.3, -0.25) is 4.99 Å². The zero-order chi connectivity index (χ0) is 18.7. The van der Waals surface area contributed by atoms with Gasteiger partial charge in [0.15, 0.2) is 5.96 Å². The van der Waals surface area contributed by atoms with Crippen molar-refractivity contribution in [3.8, 4) is 5.75 Å². The van der Waals surface area contributed by atoms with Crippen LogP contribution in [0.5, 0.6) is 5.75 Å². The first kappa shape index (κ1) is 22.3. The molecular weight excluding hydrogens is 465 g/mol. The molecule has 2 aromatic rings. The second kappa shape index (κ2) is 12.4. The fraction of sp³-hybridized carbons (Fsp3) is 0.429. The van der Waals surface area contributed by atoms with E-state index >= 15 is 0 Å². The number of guanidine groups is 1. The van der Waals surface area contributed by atoms with E-state index in [1.807, 2.05) is 42.6 Å². The summed E-state index contributed by atoms with van der Waals surface area (Å²) in [6, 6.07) is 14.1. The molecule has 2 N–H and O–H groups in total. The maximum absolute atomic E-state index is 5.70. The average molecular weight is 495 g/mol. The lowest BCUT2D eigenvalue weighted by Gasteiger charge is -2.17. The molecule has 0 radical (unpaired) electrons. The molecule has 0 aliphatic carbocycles. The molecule has 0 saturated carbocycles. The molecule has 0 bridgehead atoms. The fourth-order valence-corrected chi connectivity index (χ4v) is 3.08. The molecule has 1 aliphatic rings. The molecule has 2 heterocycles. The smallest absolute Gasteiger partial charge is 0.191 e. The van der Waals surface area contributed by atoms with Gasteiger partial charge in [0.2, 0.25) is 0 Å². The third-order valence-electron chi connectivity index (χ3n) is 4.55. The standard InChI is InChI=1S/C21H29N5O.HI/c1-22-21(24-11-7-15-27-19-8-3-2-4-9-19)25-17-18-10-12-23-20(16-18)26-13-5-6-14-26;/h2-4,8-10,12,16H,5-7,11,13-15,17H2,1H3,(H2,22,24,25);1H. The number of hydrogen-bond acceptors (Lipinski definition) is 4. The third kappa shape index (κ3) is 7.18. The monoisotopic (exact) mass is 495 g/mol. The van der Waals surface area contributed by atoms with E-state index in [-0.39, 0.29) is 24.0 Å². The lowest BCUT2D eigenvalue weighted by Crippen LogP contribution is -2.37. The van der Waals surface area contributed by atoms with Gasteiger partial charge in [-0.2, -0.15) is 0 Å². The van der Waals surface area contributed by atoms with Crippen molar-refractivity contribution >= 4 is 35.8 Å². The number of halogens is 1. The van der Waals surface area contributed by atoms with Gasteiger partial charge in [0.05, 0.1) is 6.61 Å². The van der Waals surface area contributed by atoms with Crippen LogP contribution in [0.2, 0.25) is 0 Å². The molecule has 6 nitrogen and oxygen atoms in total. The normalized spacial score (nSPS) is 13.8. The van der Waals surface area contributed by atoms with Crippen molar-refractivity contribution in [2.45, 2.75) is 25.8 Å². The second-order valence-corrected chi connectivity index (χ2v) is 6.58. The van der Waals surface area contributed by atoms with Crippen molar-refractivity contribution in [1.29, 1.82) is 0 Å². The molecule has 0 spiro atoms. The number of rotatable bonds is 8. The van der Waals surface area contributed by atoms with Gasteiger partial charge in [0, 0.05) is 39.4 Å². The Bertz CT molecular complexity index is 720. The number of aromatic nitrogens is 1. The Labute approximate surface area is 184 Å². The number of benzene rings is 1. The number of pyridine rings is 1. The van der Waals surface area contributed by atoms with Crippen molar-refractivity contribution < 1.29 is 4.74 Å². The second-order valence-electron chi connectivity index (χ2n) is 6.58. The van der Waals surface area contributed by atoms with Crippen LogP contribution >= 0.6 is 24.0 Å². The summed E-state index contributed by atoms with van der Waals surface area (Å²) in [5, 5.41) is 6.69. The highest BCUT2D eigenvalue weighted by Gasteiger charge is 2.13. The average Bonchev–Trinajstić information content (AvgIpc) is 3.26. The Morgan fingerprint density at radius 1 is 1.14 bits per heavy atom. The molecule has 1 saturated heterocycles. The molecular formula is C21H30IN5O. The number of anilines is 1. The summed E-state index contributed by atoms with van der Waals surface area (Å²) in [7, 11) is 1.79. The van der Waals surface area contributed by atoms with Crippen molar-refractivity contribution in [3.05, 3.63) is 54.2 Å². The first-order chi connectivity index (χ1) is 13.3. The molecule has 1 aliphatic heterocycles. The molecule has 1 aromatic heterocycles. The van der Waals surface area contributed by atoms with Crippen LogP contribution in [0.1, 0.15) is 24.8 Å². The van der Waals surface area contributed by atoms with E-state index in [2.05, 4.69) is 31.6 Å². The van der Waals surface area contributed by atoms with E-state index in [1.54, 1.807) is 7.05 Å². The van der Waals surface area contributed by atoms with E-state index in [0.29, 0.717) is 6.61 Å². The van der Waals surface area contributed by atoms with Crippen LogP contribution in [-0.2, 0) is 6.54 Å². The van der Waals surface area contributed by atoms with Crippen molar-refractivity contribution in [1.82, 2.24) is 15.6 Å². The summed E-state index contributed by atoms with van der Waals surface area (Å²) in [6.07, 6.45) is 5.31. The molecule has 0 atom stereocenters. The summed E-state index contributed by atoms with van der Waals surface area (Å²) in [6.45, 7) is 4.43. The minimum Gasteiger partial charge on any atom is -0.494 e. The van der Waals surface area contributed by atoms with Gasteiger partial charge < -0.3 is 20.3 Å². The summed E-state index contributed by atoms with van der Waals surface area (Å²) in [4.78, 5) is 11.1. The lowest BCUT2D eigenvalue weighted by molar-refractivity contribution is 0.311. The number of aliphatic imine (C=N–C) groups is 1. The van der Waals surface area contributed by atoms with Gasteiger partial charge in [-0.25, -0.2) is 4.98 Å². The maximum Gasteiger partial charge on any atom is 0.191 e. The van der Waals surface area contributed by atoms with Crippen LogP contribution in [0, 0.1) is 0 Å². The van der Waals surface area contributed by atoms with Gasteiger partial charge in [-0.05, 0) is 49.1 Å². The van der Waals surface area contributed by atoms with Crippen LogP contribution < -0.4 is 20.3 Å². The van der Waals surface area contributed by atoms with Crippen molar-refractivity contribution in [2.24, 2.45) is 4.99 Å². The highest BCUT2D eigenvalue weighted by Crippen LogP contribution is 2.18. The Morgan fingerprint density at radius 2 is 1.93 bits per heavy atom. The Balaban J connectivity index is 0.00000280. The third-order valence-corrected chi connectivity index (χ3v) is 4.55. The highest BCUT2D eigenvalue weighted by atomic mass is 127. The van der Waals surface area contributed by atoms with Crippen molar-refractivity contribution in [2.75, 3.05) is 38.2 Å². The van der Waals surface area contributed by atoms with Crippen LogP contribution in [0.4, 0.5) is 5.82 Å². The van der Waals surface area contributed by atoms with Crippen LogP contribution in [0.25, 0.3) is 0 Å². The number of nitrogens with one attached hydrogen (secondary N) is 2. The molecule has 7 heteroatoms. The number of nitrogens with zero attached hydrogens (tertiary/aromatic N) is 3. The largest absolute Gasteiger partial charge is 0.494 e. The van der Waals surface area contributed by atoms with Crippen LogP contribution in [-0.4, -0.2) is 44.2 Å². The molecule has 28 heavy (non-hydrogen) atoms. The summed E-state index contributed by atoms with van der Waals surface area (Å²) >= 11 is 0. The van der Waals surface area contributed by atoms with E-state index in [0.717, 1.165) is 50.1 Å². The lowest BCUT2D eigenvalue weighted by atomic mass is 10.2. The van der Waals surface area contributed by atoms with Crippen LogP contribution in [0.15, 0.2) is 53.7 Å². The van der Waals surface area contributed by atoms with Gasteiger partial charge in [-0.15, -0.1) is 24.0 Å². The van der Waals surface area contributed by atoms with Gasteiger partial charge >= 0.3 is 0 Å². The zero-order valence-electron chi connectivity index (χ0n) is 16.4. The van der Waals surface area contributed by atoms with Gasteiger partial charge in [0.25, 0.3) is 0 Å².